The smallest absolute Gasteiger partial charge is 0.410 e. The van der Waals surface area contributed by atoms with Crippen LogP contribution in [-0.2, 0) is 19.4 Å². The summed E-state index contributed by atoms with van der Waals surface area (Å²) < 4.78 is 30.7. The molecule has 0 atom stereocenters. The molecule has 31 heavy (non-hydrogen) atoms. The van der Waals surface area contributed by atoms with Crippen molar-refractivity contribution in [3.63, 3.8) is 0 Å². The first-order chi connectivity index (χ1) is 14.6. The number of nitrogens with zero attached hydrogens (tertiary/aromatic N) is 2. The fraction of sp³-hybridized carbons (Fsp3) is 0.636. The lowest BCUT2D eigenvalue weighted by atomic mass is 10.2. The van der Waals surface area contributed by atoms with E-state index in [9.17, 15) is 18.0 Å². The second kappa shape index (κ2) is 9.46. The van der Waals surface area contributed by atoms with E-state index in [0.717, 1.165) is 25.7 Å². The van der Waals surface area contributed by atoms with Crippen molar-refractivity contribution in [1.82, 2.24) is 9.80 Å². The van der Waals surface area contributed by atoms with Crippen molar-refractivity contribution in [2.24, 2.45) is 0 Å². The number of amides is 2. The minimum Gasteiger partial charge on any atom is -0.444 e. The predicted molar refractivity (Wildman–Crippen MR) is 119 cm³/mol. The molecule has 0 radical (unpaired) electrons. The lowest BCUT2D eigenvalue weighted by Gasteiger charge is -2.35. The molecule has 3 rings (SSSR count). The van der Waals surface area contributed by atoms with Crippen LogP contribution in [0.4, 0.5) is 10.5 Å². The molecular formula is C22H33N3O5S. The highest BCUT2D eigenvalue weighted by atomic mass is 32.2. The van der Waals surface area contributed by atoms with Crippen molar-refractivity contribution < 1.29 is 22.7 Å². The van der Waals surface area contributed by atoms with E-state index in [1.165, 1.54) is 0 Å². The molecule has 1 saturated heterocycles. The van der Waals surface area contributed by atoms with Crippen LogP contribution in [0, 0.1) is 0 Å². The first-order valence-corrected chi connectivity index (χ1v) is 12.4. The van der Waals surface area contributed by atoms with Gasteiger partial charge in [-0.1, -0.05) is 12.8 Å². The van der Waals surface area contributed by atoms with Crippen molar-refractivity contribution in [3.05, 3.63) is 24.3 Å². The van der Waals surface area contributed by atoms with Crippen molar-refractivity contribution in [3.8, 4) is 0 Å². The Morgan fingerprint density at radius 1 is 1.00 bits per heavy atom. The van der Waals surface area contributed by atoms with Gasteiger partial charge in [0.1, 0.15) is 5.60 Å². The number of nitrogens with one attached hydrogen (secondary N) is 1. The molecule has 2 aliphatic rings. The maximum Gasteiger partial charge on any atom is 0.410 e. The van der Waals surface area contributed by atoms with Crippen molar-refractivity contribution in [1.29, 1.82) is 0 Å². The minimum atomic E-state index is -3.27. The van der Waals surface area contributed by atoms with E-state index >= 15 is 0 Å². The average Bonchev–Trinajstić information content (AvgIpc) is 3.27. The van der Waals surface area contributed by atoms with E-state index in [1.807, 2.05) is 20.8 Å². The van der Waals surface area contributed by atoms with Gasteiger partial charge in [-0.2, -0.15) is 0 Å². The van der Waals surface area contributed by atoms with Crippen LogP contribution in [0.5, 0.6) is 0 Å². The zero-order valence-electron chi connectivity index (χ0n) is 18.6. The van der Waals surface area contributed by atoms with Crippen LogP contribution in [0.2, 0.25) is 0 Å². The van der Waals surface area contributed by atoms with Gasteiger partial charge >= 0.3 is 6.09 Å². The summed E-state index contributed by atoms with van der Waals surface area (Å²) in [7, 11) is -3.27. The lowest BCUT2D eigenvalue weighted by Crippen LogP contribution is -2.52. The summed E-state index contributed by atoms with van der Waals surface area (Å²) in [5.74, 6) is -0.0634. The normalized spacial score (nSPS) is 18.2. The molecule has 1 N–H and O–H groups in total. The zero-order chi connectivity index (χ0) is 22.6. The highest BCUT2D eigenvalue weighted by Crippen LogP contribution is 2.30. The number of rotatable bonds is 5. The van der Waals surface area contributed by atoms with E-state index in [4.69, 9.17) is 4.74 Å². The monoisotopic (exact) mass is 451 g/mol. The van der Waals surface area contributed by atoms with Crippen LogP contribution in [-0.4, -0.2) is 73.8 Å². The summed E-state index contributed by atoms with van der Waals surface area (Å²) in [6, 6.07) is 6.63. The van der Waals surface area contributed by atoms with Gasteiger partial charge in [-0.3, -0.25) is 4.79 Å². The molecule has 2 fully saturated rings. The van der Waals surface area contributed by atoms with E-state index < -0.39 is 15.4 Å². The molecular weight excluding hydrogens is 418 g/mol. The summed E-state index contributed by atoms with van der Waals surface area (Å²) >= 11 is 0. The summed E-state index contributed by atoms with van der Waals surface area (Å²) in [6.45, 7) is 7.38. The van der Waals surface area contributed by atoms with Gasteiger partial charge in [-0.15, -0.1) is 0 Å². The molecule has 0 aromatic heterocycles. The van der Waals surface area contributed by atoms with Gasteiger partial charge in [0.25, 0.3) is 0 Å². The third-order valence-electron chi connectivity index (χ3n) is 5.65. The van der Waals surface area contributed by atoms with Gasteiger partial charge in [0, 0.05) is 31.9 Å². The van der Waals surface area contributed by atoms with Crippen LogP contribution in [0.1, 0.15) is 46.5 Å². The van der Waals surface area contributed by atoms with Gasteiger partial charge in [0.05, 0.1) is 16.7 Å². The SMILES string of the molecule is CC(C)(C)OC(=O)N1CCN(C(=O)CNc2ccc(S(=O)(=O)C3CCCC3)cc2)CC1. The largest absolute Gasteiger partial charge is 0.444 e. The first kappa shape index (κ1) is 23.4. The number of piperazine rings is 1. The minimum absolute atomic E-state index is 0.0634. The van der Waals surface area contributed by atoms with Gasteiger partial charge < -0.3 is 19.9 Å². The van der Waals surface area contributed by atoms with Crippen LogP contribution in [0.3, 0.4) is 0 Å². The molecule has 1 aromatic carbocycles. The number of sulfone groups is 1. The first-order valence-electron chi connectivity index (χ1n) is 10.9. The summed E-state index contributed by atoms with van der Waals surface area (Å²) in [5, 5.41) is 2.79. The van der Waals surface area contributed by atoms with Crippen LogP contribution >= 0.6 is 0 Å². The quantitative estimate of drug-likeness (QED) is 0.740. The van der Waals surface area contributed by atoms with Crippen molar-refractivity contribution in [2.75, 3.05) is 38.0 Å². The predicted octanol–water partition coefficient (Wildman–Crippen LogP) is 2.89. The Balaban J connectivity index is 1.46. The Kier molecular flexibility index (Phi) is 7.13. The Morgan fingerprint density at radius 2 is 1.55 bits per heavy atom. The van der Waals surface area contributed by atoms with Crippen LogP contribution in [0.15, 0.2) is 29.2 Å². The molecule has 8 nitrogen and oxygen atoms in total. The second-order valence-electron chi connectivity index (χ2n) is 9.18. The number of ether oxygens (including phenoxy) is 1. The molecule has 172 valence electrons. The van der Waals surface area contributed by atoms with Crippen molar-refractivity contribution in [2.45, 2.75) is 62.2 Å². The second-order valence-corrected chi connectivity index (χ2v) is 11.4. The number of carbonyl (C=O) groups is 2. The van der Waals surface area contributed by atoms with E-state index in [1.54, 1.807) is 34.1 Å². The van der Waals surface area contributed by atoms with Crippen LogP contribution < -0.4 is 5.32 Å². The molecule has 1 aliphatic heterocycles. The highest BCUT2D eigenvalue weighted by Gasteiger charge is 2.30. The van der Waals surface area contributed by atoms with Gasteiger partial charge in [-0.05, 0) is 57.9 Å². The molecule has 1 heterocycles. The van der Waals surface area contributed by atoms with Gasteiger partial charge in [0.15, 0.2) is 9.84 Å². The molecule has 1 aliphatic carbocycles. The van der Waals surface area contributed by atoms with E-state index in [2.05, 4.69) is 5.32 Å². The zero-order valence-corrected chi connectivity index (χ0v) is 19.4. The third kappa shape index (κ3) is 6.12. The Morgan fingerprint density at radius 3 is 2.10 bits per heavy atom. The molecule has 0 bridgehead atoms. The average molecular weight is 452 g/mol. The number of hydrogen-bond donors (Lipinski definition) is 1. The number of anilines is 1. The highest BCUT2D eigenvalue weighted by molar-refractivity contribution is 7.92. The molecule has 1 saturated carbocycles. The lowest BCUT2D eigenvalue weighted by molar-refractivity contribution is -0.131. The fourth-order valence-corrected chi connectivity index (χ4v) is 5.76. The fourth-order valence-electron chi connectivity index (χ4n) is 3.91. The van der Waals surface area contributed by atoms with E-state index in [0.29, 0.717) is 36.8 Å². The summed E-state index contributed by atoms with van der Waals surface area (Å²) in [5.41, 5.74) is 0.158. The number of hydrogen-bond acceptors (Lipinski definition) is 6. The molecule has 0 spiro atoms. The Hall–Kier alpha value is -2.29. The van der Waals surface area contributed by atoms with Crippen LogP contribution in [0.25, 0.3) is 0 Å². The summed E-state index contributed by atoms with van der Waals surface area (Å²) in [4.78, 5) is 28.3. The maximum atomic E-state index is 12.7. The topological polar surface area (TPSA) is 96.0 Å². The number of benzene rings is 1. The van der Waals surface area contributed by atoms with Gasteiger partial charge in [-0.25, -0.2) is 13.2 Å². The standard InChI is InChI=1S/C22H33N3O5S/c1-22(2,3)30-21(27)25-14-12-24(13-15-25)20(26)16-23-17-8-10-19(11-9-17)31(28,29)18-6-4-5-7-18/h8-11,18,23H,4-7,12-16H2,1-3H3. The molecule has 2 amide bonds. The molecule has 1 aromatic rings. The maximum absolute atomic E-state index is 12.7. The molecule has 0 unspecified atom stereocenters. The van der Waals surface area contributed by atoms with Crippen molar-refractivity contribution >= 4 is 27.5 Å². The summed E-state index contributed by atoms with van der Waals surface area (Å²) in [6.07, 6.45) is 3.05. The third-order valence-corrected chi connectivity index (χ3v) is 7.93. The van der Waals surface area contributed by atoms with E-state index in [-0.39, 0.29) is 23.8 Å². The number of carbonyl (C=O) groups excluding carboxylic acids is 2. The Bertz CT molecular complexity index is 879. The Labute approximate surface area is 184 Å². The molecule has 9 heteroatoms. The van der Waals surface area contributed by atoms with Gasteiger partial charge in [0.2, 0.25) is 5.91 Å².